The number of likely N-dealkylation sites (tertiary alicyclic amines) is 1. The number of carbonyl (C=O) groups is 1. The Morgan fingerprint density at radius 2 is 1.93 bits per heavy atom. The second-order valence-corrected chi connectivity index (χ2v) is 8.33. The van der Waals surface area contributed by atoms with E-state index in [1.165, 1.54) is 0 Å². The van der Waals surface area contributed by atoms with Gasteiger partial charge in [-0.3, -0.25) is 4.90 Å². The van der Waals surface area contributed by atoms with Gasteiger partial charge in [0.2, 0.25) is 0 Å². The molecule has 1 amide bonds. The molecule has 27 heavy (non-hydrogen) atoms. The van der Waals surface area contributed by atoms with Crippen molar-refractivity contribution in [2.45, 2.75) is 45.7 Å². The number of hydrogen-bond acceptors (Lipinski definition) is 4. The van der Waals surface area contributed by atoms with E-state index >= 15 is 0 Å². The number of rotatable bonds is 5. The third-order valence-electron chi connectivity index (χ3n) is 5.20. The zero-order valence-corrected chi connectivity index (χ0v) is 16.4. The third-order valence-corrected chi connectivity index (χ3v) is 5.20. The van der Waals surface area contributed by atoms with Crippen LogP contribution in [0.2, 0.25) is 0 Å². The molecule has 1 saturated heterocycles. The Balaban J connectivity index is 1.51. The summed E-state index contributed by atoms with van der Waals surface area (Å²) in [5.41, 5.74) is 1.56. The average Bonchev–Trinajstić information content (AvgIpc) is 3.09. The van der Waals surface area contributed by atoms with Crippen LogP contribution in [0.3, 0.4) is 0 Å². The van der Waals surface area contributed by atoms with E-state index in [1.54, 1.807) is 4.90 Å². The van der Waals surface area contributed by atoms with Crippen molar-refractivity contribution in [2.75, 3.05) is 19.6 Å². The number of nitrogens with zero attached hydrogens (tertiary/aromatic N) is 3. The maximum atomic E-state index is 11.5. The maximum Gasteiger partial charge on any atom is 0.407 e. The highest BCUT2D eigenvalue weighted by molar-refractivity contribution is 5.66. The lowest BCUT2D eigenvalue weighted by atomic mass is 9.94. The average molecular weight is 371 g/mol. The molecule has 0 aliphatic carbocycles. The van der Waals surface area contributed by atoms with Crippen molar-refractivity contribution in [2.24, 2.45) is 5.92 Å². The molecule has 1 N–H and O–H groups in total. The summed E-state index contributed by atoms with van der Waals surface area (Å²) in [6, 6.07) is 12.0. The number of amides is 1. The quantitative estimate of drug-likeness (QED) is 0.847. The summed E-state index contributed by atoms with van der Waals surface area (Å²) in [4.78, 5) is 15.5. The summed E-state index contributed by atoms with van der Waals surface area (Å²) in [5.74, 6) is 1.28. The SMILES string of the molecule is CC(C)(C)N(CC1CCN(Cc2cc(-c3ccccc3)no2)CC1)C(=O)O. The van der Waals surface area contributed by atoms with Crippen LogP contribution in [0.5, 0.6) is 0 Å². The van der Waals surface area contributed by atoms with Crippen LogP contribution in [0.15, 0.2) is 40.9 Å². The second kappa shape index (κ2) is 8.13. The van der Waals surface area contributed by atoms with Crippen LogP contribution in [0, 0.1) is 5.92 Å². The topological polar surface area (TPSA) is 69.8 Å². The smallest absolute Gasteiger partial charge is 0.407 e. The fourth-order valence-electron chi connectivity index (χ4n) is 3.58. The molecule has 0 unspecified atom stereocenters. The molecule has 0 saturated carbocycles. The molecule has 2 aromatic rings. The number of benzene rings is 1. The predicted molar refractivity (Wildman–Crippen MR) is 104 cm³/mol. The molecule has 2 heterocycles. The van der Waals surface area contributed by atoms with Crippen molar-refractivity contribution in [1.82, 2.24) is 15.0 Å². The first-order chi connectivity index (χ1) is 12.8. The van der Waals surface area contributed by atoms with Crippen molar-refractivity contribution < 1.29 is 14.4 Å². The van der Waals surface area contributed by atoms with Gasteiger partial charge in [0.1, 0.15) is 5.69 Å². The molecule has 146 valence electrons. The molecular formula is C21H29N3O3. The summed E-state index contributed by atoms with van der Waals surface area (Å²) in [5, 5.41) is 13.7. The second-order valence-electron chi connectivity index (χ2n) is 8.33. The number of aromatic nitrogens is 1. The van der Waals surface area contributed by atoms with E-state index < -0.39 is 6.09 Å². The number of carboxylic acid groups (broad SMARTS) is 1. The Kier molecular flexibility index (Phi) is 5.85. The van der Waals surface area contributed by atoms with Crippen LogP contribution in [-0.4, -0.2) is 51.3 Å². The monoisotopic (exact) mass is 371 g/mol. The van der Waals surface area contributed by atoms with Crippen LogP contribution < -0.4 is 0 Å². The van der Waals surface area contributed by atoms with Gasteiger partial charge in [0, 0.05) is 23.7 Å². The molecule has 1 aliphatic heterocycles. The minimum atomic E-state index is -0.833. The van der Waals surface area contributed by atoms with Crippen molar-refractivity contribution in [3.8, 4) is 11.3 Å². The lowest BCUT2D eigenvalue weighted by molar-refractivity contribution is 0.0720. The molecule has 0 atom stereocenters. The minimum absolute atomic E-state index is 0.364. The van der Waals surface area contributed by atoms with Gasteiger partial charge in [-0.2, -0.15) is 0 Å². The first kappa shape index (κ1) is 19.4. The minimum Gasteiger partial charge on any atom is -0.465 e. The van der Waals surface area contributed by atoms with E-state index in [-0.39, 0.29) is 5.54 Å². The van der Waals surface area contributed by atoms with Crippen LogP contribution in [0.4, 0.5) is 4.79 Å². The summed E-state index contributed by atoms with van der Waals surface area (Å²) >= 11 is 0. The van der Waals surface area contributed by atoms with Crippen molar-refractivity contribution in [3.63, 3.8) is 0 Å². The van der Waals surface area contributed by atoms with Crippen LogP contribution in [-0.2, 0) is 6.54 Å². The molecule has 0 spiro atoms. The Hall–Kier alpha value is -2.34. The van der Waals surface area contributed by atoms with Crippen LogP contribution in [0.1, 0.15) is 39.4 Å². The van der Waals surface area contributed by atoms with Gasteiger partial charge in [-0.15, -0.1) is 0 Å². The largest absolute Gasteiger partial charge is 0.465 e. The molecule has 1 fully saturated rings. The van der Waals surface area contributed by atoms with Gasteiger partial charge in [0.15, 0.2) is 5.76 Å². The van der Waals surface area contributed by atoms with E-state index in [1.807, 2.05) is 57.2 Å². The lowest BCUT2D eigenvalue weighted by Crippen LogP contribution is -2.48. The lowest BCUT2D eigenvalue weighted by Gasteiger charge is -2.38. The van der Waals surface area contributed by atoms with Crippen molar-refractivity contribution in [3.05, 3.63) is 42.2 Å². The molecular weight excluding hydrogens is 342 g/mol. The first-order valence-electron chi connectivity index (χ1n) is 9.57. The maximum absolute atomic E-state index is 11.5. The van der Waals surface area contributed by atoms with Crippen LogP contribution >= 0.6 is 0 Å². The van der Waals surface area contributed by atoms with Gasteiger partial charge >= 0.3 is 6.09 Å². The first-order valence-corrected chi connectivity index (χ1v) is 9.57. The summed E-state index contributed by atoms with van der Waals surface area (Å²) in [6.07, 6.45) is 1.17. The van der Waals surface area contributed by atoms with Crippen LogP contribution in [0.25, 0.3) is 11.3 Å². The highest BCUT2D eigenvalue weighted by atomic mass is 16.5. The zero-order valence-electron chi connectivity index (χ0n) is 16.4. The summed E-state index contributed by atoms with van der Waals surface area (Å²) in [6.45, 7) is 9.09. The standard InChI is InChI=1S/C21H29N3O3/c1-21(2,3)24(20(25)26)14-16-9-11-23(12-10-16)15-18-13-19(22-27-18)17-7-5-4-6-8-17/h4-8,13,16H,9-12,14-15H2,1-3H3,(H,25,26). The molecule has 0 bridgehead atoms. The Morgan fingerprint density at radius 3 is 2.52 bits per heavy atom. The van der Waals surface area contributed by atoms with Gasteiger partial charge in [-0.25, -0.2) is 4.79 Å². The Morgan fingerprint density at radius 1 is 1.26 bits per heavy atom. The van der Waals surface area contributed by atoms with Gasteiger partial charge in [-0.1, -0.05) is 35.5 Å². The van der Waals surface area contributed by atoms with Crippen molar-refractivity contribution in [1.29, 1.82) is 0 Å². The fraction of sp³-hybridized carbons (Fsp3) is 0.524. The molecule has 1 aromatic carbocycles. The fourth-order valence-corrected chi connectivity index (χ4v) is 3.58. The molecule has 6 heteroatoms. The van der Waals surface area contributed by atoms with E-state index in [0.717, 1.165) is 49.5 Å². The van der Waals surface area contributed by atoms with E-state index in [4.69, 9.17) is 4.52 Å². The number of hydrogen-bond donors (Lipinski definition) is 1. The van der Waals surface area contributed by atoms with E-state index in [0.29, 0.717) is 12.5 Å². The molecule has 6 nitrogen and oxygen atoms in total. The van der Waals surface area contributed by atoms with Gasteiger partial charge in [0.25, 0.3) is 0 Å². The summed E-state index contributed by atoms with van der Waals surface area (Å²) in [7, 11) is 0. The third kappa shape index (κ3) is 5.10. The molecule has 3 rings (SSSR count). The highest BCUT2D eigenvalue weighted by Gasteiger charge is 2.30. The molecule has 0 radical (unpaired) electrons. The molecule has 1 aromatic heterocycles. The highest BCUT2D eigenvalue weighted by Crippen LogP contribution is 2.25. The number of piperidine rings is 1. The van der Waals surface area contributed by atoms with Gasteiger partial charge < -0.3 is 14.5 Å². The van der Waals surface area contributed by atoms with E-state index in [9.17, 15) is 9.90 Å². The predicted octanol–water partition coefficient (Wildman–Crippen LogP) is 4.33. The van der Waals surface area contributed by atoms with Gasteiger partial charge in [-0.05, 0) is 52.6 Å². The Labute approximate surface area is 160 Å². The Bertz CT molecular complexity index is 744. The van der Waals surface area contributed by atoms with Crippen molar-refractivity contribution >= 4 is 6.09 Å². The zero-order chi connectivity index (χ0) is 19.4. The summed E-state index contributed by atoms with van der Waals surface area (Å²) < 4.78 is 5.51. The molecule has 1 aliphatic rings. The van der Waals surface area contributed by atoms with E-state index in [2.05, 4.69) is 10.1 Å². The van der Waals surface area contributed by atoms with Gasteiger partial charge in [0.05, 0.1) is 6.54 Å². The normalized spacial score (nSPS) is 16.4.